The van der Waals surface area contributed by atoms with Crippen molar-refractivity contribution in [3.05, 3.63) is 34.6 Å². The summed E-state index contributed by atoms with van der Waals surface area (Å²) in [5.74, 6) is 2.77. The maximum absolute atomic E-state index is 11.5. The average Bonchev–Trinajstić information content (AvgIpc) is 2.95. The van der Waals surface area contributed by atoms with Gasteiger partial charge in [-0.25, -0.2) is 0 Å². The molecular formula is C22H27Br3O2. The van der Waals surface area contributed by atoms with Crippen molar-refractivity contribution < 1.29 is 9.53 Å². The molecule has 0 amide bonds. The van der Waals surface area contributed by atoms with E-state index >= 15 is 0 Å². The normalized spacial score (nSPS) is 42.3. The fourth-order valence-electron chi connectivity index (χ4n) is 6.40. The fraction of sp³-hybridized carbons (Fsp3) is 0.682. The fourth-order valence-corrected chi connectivity index (χ4v) is 8.19. The van der Waals surface area contributed by atoms with E-state index in [9.17, 15) is 4.79 Å². The molecule has 0 aromatic heterocycles. The van der Waals surface area contributed by atoms with E-state index < -0.39 is 0 Å². The molecule has 4 aliphatic rings. The van der Waals surface area contributed by atoms with E-state index in [-0.39, 0.29) is 15.6 Å². The molecule has 0 aromatic rings. The number of esters is 1. The zero-order valence-corrected chi connectivity index (χ0v) is 20.7. The first-order chi connectivity index (χ1) is 12.9. The van der Waals surface area contributed by atoms with Gasteiger partial charge in [-0.1, -0.05) is 66.4 Å². The van der Waals surface area contributed by atoms with E-state index in [2.05, 4.69) is 66.9 Å². The number of allylic oxidation sites excluding steroid dienone is 6. The van der Waals surface area contributed by atoms with Gasteiger partial charge in [-0.2, -0.15) is 0 Å². The van der Waals surface area contributed by atoms with Gasteiger partial charge in [0.05, 0.1) is 9.65 Å². The highest BCUT2D eigenvalue weighted by Crippen LogP contribution is 2.63. The Labute approximate surface area is 187 Å². The van der Waals surface area contributed by atoms with E-state index in [0.717, 1.165) is 29.3 Å². The summed E-state index contributed by atoms with van der Waals surface area (Å²) in [5, 5.41) is 0.979. The summed E-state index contributed by atoms with van der Waals surface area (Å²) in [6, 6.07) is 0. The van der Waals surface area contributed by atoms with Gasteiger partial charge in [0, 0.05) is 12.3 Å². The molecule has 6 atom stereocenters. The molecule has 2 saturated carbocycles. The Balaban J connectivity index is 1.66. The van der Waals surface area contributed by atoms with Gasteiger partial charge in [0.1, 0.15) is 5.76 Å². The average molecular weight is 563 g/mol. The van der Waals surface area contributed by atoms with Crippen LogP contribution >= 0.6 is 47.8 Å². The Bertz CT molecular complexity index is 738. The molecule has 0 aromatic carbocycles. The third-order valence-electron chi connectivity index (χ3n) is 7.53. The zero-order valence-electron chi connectivity index (χ0n) is 15.9. The molecular weight excluding hydrogens is 536 g/mol. The van der Waals surface area contributed by atoms with Crippen molar-refractivity contribution in [3.8, 4) is 0 Å². The lowest BCUT2D eigenvalue weighted by atomic mass is 9.54. The first kappa shape index (κ1) is 20.4. The molecule has 0 heterocycles. The van der Waals surface area contributed by atoms with Crippen LogP contribution in [0.4, 0.5) is 0 Å². The molecule has 27 heavy (non-hydrogen) atoms. The van der Waals surface area contributed by atoms with Gasteiger partial charge >= 0.3 is 5.97 Å². The second-order valence-corrected chi connectivity index (χ2v) is 11.3. The third-order valence-corrected chi connectivity index (χ3v) is 10.6. The van der Waals surface area contributed by atoms with Gasteiger partial charge < -0.3 is 4.74 Å². The minimum absolute atomic E-state index is 0.0274. The maximum Gasteiger partial charge on any atom is 0.307 e. The van der Waals surface area contributed by atoms with Crippen LogP contribution in [0.25, 0.3) is 0 Å². The Morgan fingerprint density at radius 3 is 2.74 bits per heavy atom. The number of alkyl halides is 3. The van der Waals surface area contributed by atoms with Crippen molar-refractivity contribution in [1.82, 2.24) is 0 Å². The maximum atomic E-state index is 11.5. The SMILES string of the molecule is CC(=O)OC1=CC2=C(C(Br)C1Br)[C@H]1CC[C@]3(C)C(=CCBr)CC[C@H]3[C@@H]1CC2. The van der Waals surface area contributed by atoms with Gasteiger partial charge in [0.2, 0.25) is 0 Å². The predicted molar refractivity (Wildman–Crippen MR) is 120 cm³/mol. The van der Waals surface area contributed by atoms with E-state index in [4.69, 9.17) is 4.74 Å². The van der Waals surface area contributed by atoms with E-state index in [0.29, 0.717) is 11.3 Å². The van der Waals surface area contributed by atoms with Crippen molar-refractivity contribution in [1.29, 1.82) is 0 Å². The van der Waals surface area contributed by atoms with Crippen LogP contribution in [0.3, 0.4) is 0 Å². The zero-order chi connectivity index (χ0) is 19.3. The van der Waals surface area contributed by atoms with Crippen LogP contribution in [0.1, 0.15) is 52.4 Å². The first-order valence-corrected chi connectivity index (χ1v) is 13.0. The van der Waals surface area contributed by atoms with Crippen LogP contribution in [0.2, 0.25) is 0 Å². The van der Waals surface area contributed by atoms with Gasteiger partial charge in [0.25, 0.3) is 0 Å². The number of halogens is 3. The summed E-state index contributed by atoms with van der Waals surface area (Å²) in [7, 11) is 0. The smallest absolute Gasteiger partial charge is 0.307 e. The molecule has 148 valence electrons. The van der Waals surface area contributed by atoms with Gasteiger partial charge in [-0.05, 0) is 78.9 Å². The van der Waals surface area contributed by atoms with E-state index in [1.54, 1.807) is 11.1 Å². The van der Waals surface area contributed by atoms with Crippen molar-refractivity contribution in [2.45, 2.75) is 62.0 Å². The largest absolute Gasteiger partial charge is 0.430 e. The third kappa shape index (κ3) is 3.38. The summed E-state index contributed by atoms with van der Waals surface area (Å²) >= 11 is 11.4. The highest BCUT2D eigenvalue weighted by atomic mass is 79.9. The van der Waals surface area contributed by atoms with Crippen LogP contribution < -0.4 is 0 Å². The van der Waals surface area contributed by atoms with Crippen molar-refractivity contribution in [2.24, 2.45) is 23.2 Å². The van der Waals surface area contributed by atoms with Crippen LogP contribution in [0.5, 0.6) is 0 Å². The Morgan fingerprint density at radius 2 is 2.04 bits per heavy atom. The quantitative estimate of drug-likeness (QED) is 0.209. The number of ether oxygens (including phenoxy) is 1. The lowest BCUT2D eigenvalue weighted by Gasteiger charge is -2.51. The molecule has 5 heteroatoms. The highest BCUT2D eigenvalue weighted by Gasteiger charge is 2.54. The molecule has 2 fully saturated rings. The second kappa shape index (κ2) is 7.75. The summed E-state index contributed by atoms with van der Waals surface area (Å²) in [6.07, 6.45) is 12.1. The van der Waals surface area contributed by atoms with Crippen LogP contribution in [0.15, 0.2) is 34.6 Å². The molecule has 4 aliphatic carbocycles. The predicted octanol–water partition coefficient (Wildman–Crippen LogP) is 6.83. The lowest BCUT2D eigenvalue weighted by molar-refractivity contribution is -0.137. The number of hydrogen-bond acceptors (Lipinski definition) is 2. The molecule has 2 unspecified atom stereocenters. The number of carbonyl (C=O) groups is 1. The van der Waals surface area contributed by atoms with Gasteiger partial charge in [-0.15, -0.1) is 0 Å². The standard InChI is InChI=1S/C22H27Br3O2/c1-12(26)27-18-11-13-3-5-15-16(19(13)21(25)20(18)24)7-9-22(2)14(8-10-23)4-6-17(15)22/h8,11,15-17,20-21H,3-7,9-10H2,1-2H3/t15-,16+,17+,20?,21?,22-/m1/s1. The molecule has 0 N–H and O–H groups in total. The van der Waals surface area contributed by atoms with Gasteiger partial charge in [-0.3, -0.25) is 4.79 Å². The molecule has 0 spiro atoms. The minimum atomic E-state index is -0.242. The van der Waals surface area contributed by atoms with Crippen molar-refractivity contribution in [2.75, 3.05) is 5.33 Å². The number of carbonyl (C=O) groups excluding carboxylic acids is 1. The molecule has 0 aliphatic heterocycles. The number of rotatable bonds is 2. The van der Waals surface area contributed by atoms with Gasteiger partial charge in [0.15, 0.2) is 0 Å². The summed E-state index contributed by atoms with van der Waals surface area (Å²) in [6.45, 7) is 4.00. The molecule has 4 rings (SSSR count). The molecule has 2 nitrogen and oxygen atoms in total. The Hall–Kier alpha value is 0.130. The first-order valence-electron chi connectivity index (χ1n) is 10.0. The monoisotopic (exact) mass is 560 g/mol. The topological polar surface area (TPSA) is 26.3 Å². The molecule has 0 bridgehead atoms. The molecule has 0 saturated heterocycles. The second-order valence-electron chi connectivity index (χ2n) is 8.72. The summed E-state index contributed by atoms with van der Waals surface area (Å²) in [5.41, 5.74) is 5.07. The summed E-state index contributed by atoms with van der Waals surface area (Å²) in [4.78, 5) is 11.7. The number of hydrogen-bond donors (Lipinski definition) is 0. The highest BCUT2D eigenvalue weighted by molar-refractivity contribution is 9.12. The van der Waals surface area contributed by atoms with Crippen LogP contribution in [-0.4, -0.2) is 21.0 Å². The number of fused-ring (bicyclic) bond motifs is 4. The van der Waals surface area contributed by atoms with E-state index in [1.165, 1.54) is 44.6 Å². The minimum Gasteiger partial charge on any atom is -0.430 e. The Kier molecular flexibility index (Phi) is 5.86. The summed E-state index contributed by atoms with van der Waals surface area (Å²) < 4.78 is 5.48. The van der Waals surface area contributed by atoms with Crippen molar-refractivity contribution in [3.63, 3.8) is 0 Å². The van der Waals surface area contributed by atoms with Crippen molar-refractivity contribution >= 4 is 53.8 Å². The lowest BCUT2D eigenvalue weighted by Crippen LogP contribution is -2.44. The molecule has 0 radical (unpaired) electrons. The van der Waals surface area contributed by atoms with E-state index in [1.807, 2.05) is 0 Å². The van der Waals surface area contributed by atoms with Crippen LogP contribution in [-0.2, 0) is 9.53 Å². The Morgan fingerprint density at radius 1 is 1.26 bits per heavy atom. The van der Waals surface area contributed by atoms with Crippen LogP contribution in [0, 0.1) is 23.2 Å².